The van der Waals surface area contributed by atoms with Crippen molar-refractivity contribution in [2.45, 2.75) is 63.6 Å². The Balaban J connectivity index is 0.000000317. The summed E-state index contributed by atoms with van der Waals surface area (Å²) in [6, 6.07) is 4.20. The van der Waals surface area contributed by atoms with Crippen molar-refractivity contribution in [2.24, 2.45) is 5.92 Å². The van der Waals surface area contributed by atoms with Gasteiger partial charge < -0.3 is 14.9 Å². The third-order valence-electron chi connectivity index (χ3n) is 6.06. The molecule has 0 spiro atoms. The highest BCUT2D eigenvalue weighted by Gasteiger charge is 2.39. The Morgan fingerprint density at radius 1 is 1.03 bits per heavy atom. The minimum absolute atomic E-state index is 0.361. The van der Waals surface area contributed by atoms with Gasteiger partial charge in [-0.05, 0) is 36.5 Å². The molecule has 1 atom stereocenters. The number of alkyl halides is 6. The van der Waals surface area contributed by atoms with Gasteiger partial charge in [0.1, 0.15) is 0 Å². The van der Waals surface area contributed by atoms with Gasteiger partial charge in [0, 0.05) is 63.4 Å². The van der Waals surface area contributed by atoms with Gasteiger partial charge in [0.05, 0.1) is 12.3 Å². The number of fused-ring (bicyclic) bond motifs is 1. The van der Waals surface area contributed by atoms with Crippen LogP contribution in [0.1, 0.15) is 48.4 Å². The van der Waals surface area contributed by atoms with E-state index in [-0.39, 0.29) is 0 Å². The van der Waals surface area contributed by atoms with Crippen LogP contribution in [-0.4, -0.2) is 74.4 Å². The lowest BCUT2D eigenvalue weighted by Crippen LogP contribution is -2.34. The van der Waals surface area contributed by atoms with Crippen LogP contribution in [0.25, 0.3) is 0 Å². The predicted octanol–water partition coefficient (Wildman–Crippen LogP) is 4.48. The van der Waals surface area contributed by atoms with Crippen molar-refractivity contribution in [3.05, 3.63) is 47.5 Å². The summed E-state index contributed by atoms with van der Waals surface area (Å²) in [5.74, 6) is -4.34. The molecule has 0 aromatic carbocycles. The van der Waals surface area contributed by atoms with Crippen molar-refractivity contribution >= 4 is 11.9 Å². The third-order valence-corrected chi connectivity index (χ3v) is 6.06. The molecule has 0 radical (unpaired) electrons. The number of hydrogen-bond donors (Lipinski definition) is 2. The molecular weight excluding hydrogens is 538 g/mol. The molecule has 3 heterocycles. The number of carboxylic acids is 2. The summed E-state index contributed by atoms with van der Waals surface area (Å²) in [5.41, 5.74) is 3.94. The predicted molar refractivity (Wildman–Crippen MR) is 125 cm³/mol. The Bertz CT molecular complexity index is 1030. The smallest absolute Gasteiger partial charge is 0.475 e. The SMILES string of the molecule is COCC1CN(Cc2ccncc2)Cc2cn(CC3CCCC3)nc21.O=C(O)C(F)(F)F.O=C(O)C(F)(F)F. The van der Waals surface area contributed by atoms with Gasteiger partial charge in [-0.2, -0.15) is 31.4 Å². The number of ether oxygens (including phenoxy) is 1. The molecule has 9 nitrogen and oxygen atoms in total. The van der Waals surface area contributed by atoms with Crippen LogP contribution in [0, 0.1) is 5.92 Å². The van der Waals surface area contributed by atoms with Crippen molar-refractivity contribution in [2.75, 3.05) is 20.3 Å². The number of hydrogen-bond acceptors (Lipinski definition) is 6. The zero-order valence-electron chi connectivity index (χ0n) is 21.1. The molecule has 2 aliphatic rings. The molecule has 1 saturated carbocycles. The van der Waals surface area contributed by atoms with E-state index in [1.807, 2.05) is 12.4 Å². The van der Waals surface area contributed by atoms with E-state index >= 15 is 0 Å². The maximum atomic E-state index is 10.6. The molecule has 0 saturated heterocycles. The number of methoxy groups -OCH3 is 1. The second-order valence-electron chi connectivity index (χ2n) is 9.20. The lowest BCUT2D eigenvalue weighted by molar-refractivity contribution is -0.193. The van der Waals surface area contributed by atoms with E-state index in [2.05, 4.69) is 32.9 Å². The van der Waals surface area contributed by atoms with Gasteiger partial charge in [-0.3, -0.25) is 14.6 Å². The van der Waals surface area contributed by atoms with E-state index in [1.165, 1.54) is 42.5 Å². The molecule has 39 heavy (non-hydrogen) atoms. The second kappa shape index (κ2) is 14.3. The molecule has 2 aromatic heterocycles. The van der Waals surface area contributed by atoms with Crippen LogP contribution < -0.4 is 0 Å². The number of aromatic nitrogens is 3. The minimum Gasteiger partial charge on any atom is -0.475 e. The number of carbonyl (C=O) groups is 2. The topological polar surface area (TPSA) is 118 Å². The molecule has 218 valence electrons. The fourth-order valence-electron chi connectivity index (χ4n) is 4.40. The van der Waals surface area contributed by atoms with Crippen LogP contribution in [0.15, 0.2) is 30.7 Å². The van der Waals surface area contributed by atoms with Crippen molar-refractivity contribution in [1.82, 2.24) is 19.7 Å². The fraction of sp³-hybridized carbons (Fsp3) is 0.583. The zero-order chi connectivity index (χ0) is 29.2. The van der Waals surface area contributed by atoms with Crippen molar-refractivity contribution in [1.29, 1.82) is 0 Å². The lowest BCUT2D eigenvalue weighted by Gasteiger charge is -2.31. The van der Waals surface area contributed by atoms with Crippen LogP contribution in [0.3, 0.4) is 0 Å². The van der Waals surface area contributed by atoms with E-state index in [4.69, 9.17) is 29.6 Å². The normalized spacial score (nSPS) is 17.9. The maximum Gasteiger partial charge on any atom is 0.490 e. The Labute approximate surface area is 220 Å². The molecule has 0 bridgehead atoms. The molecule has 1 aliphatic carbocycles. The van der Waals surface area contributed by atoms with Gasteiger partial charge in [-0.25, -0.2) is 9.59 Å². The summed E-state index contributed by atoms with van der Waals surface area (Å²) < 4.78 is 71.2. The number of pyridine rings is 1. The minimum atomic E-state index is -5.08. The molecule has 2 N–H and O–H groups in total. The van der Waals surface area contributed by atoms with Crippen LogP contribution >= 0.6 is 0 Å². The molecule has 0 amide bonds. The summed E-state index contributed by atoms with van der Waals surface area (Å²) in [6.45, 7) is 4.75. The molecule has 1 fully saturated rings. The van der Waals surface area contributed by atoms with Crippen LogP contribution in [0.4, 0.5) is 26.3 Å². The number of nitrogens with zero attached hydrogens (tertiary/aromatic N) is 4. The van der Waals surface area contributed by atoms with Gasteiger partial charge in [0.25, 0.3) is 0 Å². The molecule has 4 rings (SSSR count). The van der Waals surface area contributed by atoms with Gasteiger partial charge in [-0.1, -0.05) is 12.8 Å². The van der Waals surface area contributed by atoms with Gasteiger partial charge in [0.15, 0.2) is 0 Å². The van der Waals surface area contributed by atoms with Crippen molar-refractivity contribution < 1.29 is 50.9 Å². The maximum absolute atomic E-state index is 10.6. The van der Waals surface area contributed by atoms with E-state index in [9.17, 15) is 26.3 Å². The Kier molecular flexibility index (Phi) is 11.7. The standard InChI is InChI=1S/C20H28N4O.2C2HF3O2/c1-25-15-19-13-23(10-17-6-8-21-9-7-17)12-18-14-24(22-20(18)19)11-16-4-2-3-5-16;2*3-2(4,5)1(6)7/h6-9,14,16,19H,2-5,10-13,15H2,1H3;2*(H,6,7). The molecule has 1 unspecified atom stereocenters. The molecule has 1 aliphatic heterocycles. The Hall–Kier alpha value is -3.20. The highest BCUT2D eigenvalue weighted by atomic mass is 19.4. The molecule has 2 aromatic rings. The average molecular weight is 569 g/mol. The summed E-state index contributed by atoms with van der Waals surface area (Å²) in [6.07, 6.45) is 1.36. The van der Waals surface area contributed by atoms with Crippen molar-refractivity contribution in [3.63, 3.8) is 0 Å². The highest BCUT2D eigenvalue weighted by Crippen LogP contribution is 2.30. The monoisotopic (exact) mass is 568 g/mol. The van der Waals surface area contributed by atoms with Crippen LogP contribution in [0.5, 0.6) is 0 Å². The Morgan fingerprint density at radius 2 is 1.56 bits per heavy atom. The quantitative estimate of drug-likeness (QED) is 0.490. The van der Waals surface area contributed by atoms with Gasteiger partial charge in [-0.15, -0.1) is 0 Å². The summed E-state index contributed by atoms with van der Waals surface area (Å²) in [5, 5.41) is 19.2. The Morgan fingerprint density at radius 3 is 2.05 bits per heavy atom. The fourth-order valence-corrected chi connectivity index (χ4v) is 4.40. The van der Waals surface area contributed by atoms with Crippen molar-refractivity contribution in [3.8, 4) is 0 Å². The van der Waals surface area contributed by atoms with E-state index in [1.54, 1.807) is 7.11 Å². The number of halogens is 6. The summed E-state index contributed by atoms with van der Waals surface area (Å²) in [7, 11) is 1.79. The first-order valence-corrected chi connectivity index (χ1v) is 12.0. The number of carboxylic acid groups (broad SMARTS) is 2. The van der Waals surface area contributed by atoms with Gasteiger partial charge >= 0.3 is 24.3 Å². The second-order valence-corrected chi connectivity index (χ2v) is 9.20. The first-order valence-electron chi connectivity index (χ1n) is 12.0. The first kappa shape index (κ1) is 32.0. The van der Waals surface area contributed by atoms with Crippen LogP contribution in [-0.2, 0) is 34.0 Å². The van der Waals surface area contributed by atoms with Gasteiger partial charge in [0.2, 0.25) is 0 Å². The van der Waals surface area contributed by atoms with E-state index in [0.717, 1.165) is 38.7 Å². The third kappa shape index (κ3) is 10.8. The first-order chi connectivity index (χ1) is 18.2. The number of rotatable bonds is 6. The zero-order valence-corrected chi connectivity index (χ0v) is 21.1. The van der Waals surface area contributed by atoms with E-state index < -0.39 is 24.3 Å². The lowest BCUT2D eigenvalue weighted by atomic mass is 9.97. The molecule has 15 heteroatoms. The number of aliphatic carboxylic acids is 2. The summed E-state index contributed by atoms with van der Waals surface area (Å²) in [4.78, 5) is 24.4. The van der Waals surface area contributed by atoms with Crippen LogP contribution in [0.2, 0.25) is 0 Å². The molecular formula is C24H30F6N4O5. The largest absolute Gasteiger partial charge is 0.490 e. The average Bonchev–Trinajstić information content (AvgIpc) is 3.49. The highest BCUT2D eigenvalue weighted by molar-refractivity contribution is 5.73. The van der Waals surface area contributed by atoms with E-state index in [0.29, 0.717) is 5.92 Å². The summed E-state index contributed by atoms with van der Waals surface area (Å²) >= 11 is 0.